The Balaban J connectivity index is 2.16. The van der Waals surface area contributed by atoms with Crippen molar-refractivity contribution < 1.29 is 22.0 Å². The van der Waals surface area contributed by atoms with Gasteiger partial charge in [0, 0.05) is 17.8 Å². The molecule has 0 spiro atoms. The highest BCUT2D eigenvalue weighted by Gasteiger charge is 2.27. The summed E-state index contributed by atoms with van der Waals surface area (Å²) in [6.07, 6.45) is 2.55. The fourth-order valence-electron chi connectivity index (χ4n) is 2.57. The monoisotopic (exact) mass is 404 g/mol. The largest absolute Gasteiger partial charge is 0.345 e. The molecular formula is C18H14F2N4O3S. The number of nitrogens with zero attached hydrogens (tertiary/aromatic N) is 2. The molecule has 0 saturated carbocycles. The molecule has 0 aliphatic rings. The fraction of sp³-hybridized carbons (Fsp3) is 0.167. The number of halogens is 2. The highest BCUT2D eigenvalue weighted by atomic mass is 32.2. The topological polar surface area (TPSA) is 116 Å². The molecular weight excluding hydrogens is 390 g/mol. The zero-order chi connectivity index (χ0) is 20.6. The molecule has 0 saturated heterocycles. The summed E-state index contributed by atoms with van der Waals surface area (Å²) in [4.78, 5) is 19.5. The molecule has 0 radical (unpaired) electrons. The molecule has 0 bridgehead atoms. The van der Waals surface area contributed by atoms with Crippen molar-refractivity contribution in [1.29, 1.82) is 5.26 Å². The van der Waals surface area contributed by atoms with Gasteiger partial charge in [-0.2, -0.15) is 5.26 Å². The summed E-state index contributed by atoms with van der Waals surface area (Å²) < 4.78 is 55.2. The number of nitrogens with one attached hydrogen (secondary N) is 2. The summed E-state index contributed by atoms with van der Waals surface area (Å²) in [5, 5.41) is 8.50. The number of anilines is 1. The Kier molecular flexibility index (Phi) is 4.87. The van der Waals surface area contributed by atoms with Gasteiger partial charge in [0.2, 0.25) is 15.8 Å². The van der Waals surface area contributed by atoms with Crippen molar-refractivity contribution in [2.24, 2.45) is 0 Å². The van der Waals surface area contributed by atoms with Crippen molar-refractivity contribution in [2.45, 2.75) is 19.1 Å². The predicted octanol–water partition coefficient (Wildman–Crippen LogP) is 3.09. The molecule has 0 atom stereocenters. The van der Waals surface area contributed by atoms with Crippen LogP contribution in [0.25, 0.3) is 11.0 Å². The Morgan fingerprint density at radius 3 is 2.64 bits per heavy atom. The summed E-state index contributed by atoms with van der Waals surface area (Å²) in [6, 6.07) is 4.96. The van der Waals surface area contributed by atoms with Crippen LogP contribution in [0.15, 0.2) is 30.6 Å². The number of sulfonamides is 1. The number of aromatic nitrogens is 2. The number of rotatable bonds is 5. The van der Waals surface area contributed by atoms with E-state index in [1.165, 1.54) is 32.3 Å². The van der Waals surface area contributed by atoms with E-state index in [9.17, 15) is 27.3 Å². The average Bonchev–Trinajstić information content (AvgIpc) is 3.08. The average molecular weight is 404 g/mol. The van der Waals surface area contributed by atoms with Crippen molar-refractivity contribution in [3.8, 4) is 6.07 Å². The molecule has 10 heteroatoms. The van der Waals surface area contributed by atoms with E-state index in [1.54, 1.807) is 0 Å². The van der Waals surface area contributed by atoms with Crippen LogP contribution in [0.2, 0.25) is 0 Å². The molecule has 0 fully saturated rings. The Morgan fingerprint density at radius 2 is 2.00 bits per heavy atom. The number of nitriles is 1. The van der Waals surface area contributed by atoms with Crippen molar-refractivity contribution >= 4 is 32.5 Å². The zero-order valence-electron chi connectivity index (χ0n) is 14.7. The summed E-state index contributed by atoms with van der Waals surface area (Å²) in [6.45, 7) is 2.77. The van der Waals surface area contributed by atoms with Gasteiger partial charge < -0.3 is 4.98 Å². The SMILES string of the molecule is CC(C)S(=O)(=O)Nc1ccc(F)c(C(=O)c2c[nH]c3nccc(C#N)c23)c1F. The lowest BCUT2D eigenvalue weighted by Crippen LogP contribution is -2.23. The first-order chi connectivity index (χ1) is 13.2. The lowest BCUT2D eigenvalue weighted by Gasteiger charge is -2.13. The first-order valence-corrected chi connectivity index (χ1v) is 9.62. The number of ketones is 1. The summed E-state index contributed by atoms with van der Waals surface area (Å²) in [5.41, 5.74) is -1.32. The molecule has 0 unspecified atom stereocenters. The van der Waals surface area contributed by atoms with Gasteiger partial charge in [-0.1, -0.05) is 0 Å². The van der Waals surface area contributed by atoms with Gasteiger partial charge in [0.05, 0.1) is 33.7 Å². The van der Waals surface area contributed by atoms with Crippen LogP contribution in [-0.2, 0) is 10.0 Å². The van der Waals surface area contributed by atoms with Gasteiger partial charge in [0.15, 0.2) is 5.82 Å². The maximum absolute atomic E-state index is 14.9. The smallest absolute Gasteiger partial charge is 0.235 e. The molecule has 3 aromatic rings. The van der Waals surface area contributed by atoms with E-state index >= 15 is 0 Å². The normalized spacial score (nSPS) is 11.6. The molecule has 3 rings (SSSR count). The third-order valence-corrected chi connectivity index (χ3v) is 5.88. The molecule has 28 heavy (non-hydrogen) atoms. The van der Waals surface area contributed by atoms with E-state index in [1.807, 2.05) is 10.8 Å². The molecule has 1 aromatic carbocycles. The van der Waals surface area contributed by atoms with E-state index in [-0.39, 0.29) is 22.2 Å². The minimum atomic E-state index is -3.91. The van der Waals surface area contributed by atoms with E-state index < -0.39 is 43.9 Å². The standard InChI is InChI=1S/C18H14F2N4O3S/c1-9(2)28(26,27)24-13-4-3-12(19)15(16(13)20)17(25)11-8-23-18-14(11)10(7-21)5-6-22-18/h3-6,8-9,24H,1-2H3,(H,22,23). The molecule has 2 N–H and O–H groups in total. The Hall–Kier alpha value is -3.32. The number of aromatic amines is 1. The highest BCUT2D eigenvalue weighted by Crippen LogP contribution is 2.28. The van der Waals surface area contributed by atoms with E-state index in [0.29, 0.717) is 0 Å². The summed E-state index contributed by atoms with van der Waals surface area (Å²) in [5.74, 6) is -3.55. The second-order valence-electron chi connectivity index (χ2n) is 6.21. The number of pyridine rings is 1. The number of carbonyl (C=O) groups excluding carboxylic acids is 1. The van der Waals surface area contributed by atoms with E-state index in [2.05, 4.69) is 9.97 Å². The zero-order valence-corrected chi connectivity index (χ0v) is 15.6. The van der Waals surface area contributed by atoms with Crippen LogP contribution in [0.4, 0.5) is 14.5 Å². The summed E-state index contributed by atoms with van der Waals surface area (Å²) in [7, 11) is -3.91. The Labute approximate surface area is 159 Å². The van der Waals surface area contributed by atoms with Gasteiger partial charge in [0.1, 0.15) is 11.5 Å². The Bertz CT molecular complexity index is 1240. The number of hydrogen-bond acceptors (Lipinski definition) is 5. The number of hydrogen-bond donors (Lipinski definition) is 2. The van der Waals surface area contributed by atoms with Crippen molar-refractivity contribution in [1.82, 2.24) is 9.97 Å². The van der Waals surface area contributed by atoms with Gasteiger partial charge in [0.25, 0.3) is 0 Å². The minimum Gasteiger partial charge on any atom is -0.345 e. The minimum absolute atomic E-state index is 0.104. The number of fused-ring (bicyclic) bond motifs is 1. The molecule has 2 aromatic heterocycles. The second kappa shape index (κ2) is 7.01. The van der Waals surface area contributed by atoms with E-state index in [0.717, 1.165) is 12.1 Å². The number of H-pyrrole nitrogens is 1. The van der Waals surface area contributed by atoms with Gasteiger partial charge in [-0.25, -0.2) is 22.2 Å². The number of benzene rings is 1. The van der Waals surface area contributed by atoms with Crippen molar-refractivity contribution in [3.05, 3.63) is 58.9 Å². The molecule has 2 heterocycles. The van der Waals surface area contributed by atoms with Crippen LogP contribution >= 0.6 is 0 Å². The first-order valence-electron chi connectivity index (χ1n) is 8.08. The molecule has 0 aliphatic heterocycles. The van der Waals surface area contributed by atoms with Crippen LogP contribution in [-0.4, -0.2) is 29.4 Å². The lowest BCUT2D eigenvalue weighted by atomic mass is 10.00. The molecule has 0 amide bonds. The maximum Gasteiger partial charge on any atom is 0.235 e. The van der Waals surface area contributed by atoms with E-state index in [4.69, 9.17) is 0 Å². The fourth-order valence-corrected chi connectivity index (χ4v) is 3.27. The first kappa shape index (κ1) is 19.4. The van der Waals surface area contributed by atoms with Crippen LogP contribution < -0.4 is 4.72 Å². The Morgan fingerprint density at radius 1 is 1.29 bits per heavy atom. The van der Waals surface area contributed by atoms with Crippen molar-refractivity contribution in [2.75, 3.05) is 4.72 Å². The molecule has 0 aliphatic carbocycles. The van der Waals surface area contributed by atoms with Gasteiger partial charge in [-0.15, -0.1) is 0 Å². The third-order valence-electron chi connectivity index (χ3n) is 4.13. The van der Waals surface area contributed by atoms with Gasteiger partial charge in [-0.05, 0) is 32.0 Å². The van der Waals surface area contributed by atoms with Crippen LogP contribution in [0, 0.1) is 23.0 Å². The number of carbonyl (C=O) groups is 1. The summed E-state index contributed by atoms with van der Waals surface area (Å²) >= 11 is 0. The van der Waals surface area contributed by atoms with Crippen molar-refractivity contribution in [3.63, 3.8) is 0 Å². The van der Waals surface area contributed by atoms with Gasteiger partial charge >= 0.3 is 0 Å². The van der Waals surface area contributed by atoms with Gasteiger partial charge in [-0.3, -0.25) is 9.52 Å². The maximum atomic E-state index is 14.9. The third kappa shape index (κ3) is 3.20. The predicted molar refractivity (Wildman–Crippen MR) is 98.3 cm³/mol. The quantitative estimate of drug-likeness (QED) is 0.634. The second-order valence-corrected chi connectivity index (χ2v) is 8.44. The molecule has 7 nitrogen and oxygen atoms in total. The molecule has 144 valence electrons. The van der Waals surface area contributed by atoms with Crippen LogP contribution in [0.5, 0.6) is 0 Å². The van der Waals surface area contributed by atoms with Crippen LogP contribution in [0.3, 0.4) is 0 Å². The highest BCUT2D eigenvalue weighted by molar-refractivity contribution is 7.93. The van der Waals surface area contributed by atoms with Crippen LogP contribution in [0.1, 0.15) is 35.3 Å². The lowest BCUT2D eigenvalue weighted by molar-refractivity contribution is 0.103.